The van der Waals surface area contributed by atoms with Crippen LogP contribution in [-0.2, 0) is 13.1 Å². The SMILES string of the molecule is C=CC[N+](C)(C)c1ccc(CNC(=O)c2cc3cc(F)ccc3n2Cc2cccc(C#N)c2)cc1.[Br-]. The Kier molecular flexibility index (Phi) is 8.46. The molecule has 0 bridgehead atoms. The predicted octanol–water partition coefficient (Wildman–Crippen LogP) is 2.39. The van der Waals surface area contributed by atoms with Crippen LogP contribution in [0.15, 0.2) is 85.5 Å². The Balaban J connectivity index is 0.00000361. The summed E-state index contributed by atoms with van der Waals surface area (Å²) in [5.41, 5.74) is 4.77. The molecule has 0 aliphatic heterocycles. The Morgan fingerprint density at radius 3 is 2.53 bits per heavy atom. The molecule has 5 nitrogen and oxygen atoms in total. The van der Waals surface area contributed by atoms with Gasteiger partial charge in [0.05, 0.1) is 25.7 Å². The van der Waals surface area contributed by atoms with Gasteiger partial charge in [0, 0.05) is 24.0 Å². The van der Waals surface area contributed by atoms with Crippen LogP contribution in [0.25, 0.3) is 10.9 Å². The molecular weight excluding hydrogens is 519 g/mol. The van der Waals surface area contributed by atoms with Gasteiger partial charge < -0.3 is 26.9 Å². The van der Waals surface area contributed by atoms with Crippen molar-refractivity contribution >= 4 is 22.5 Å². The molecule has 0 aliphatic rings. The minimum Gasteiger partial charge on any atom is -1.00 e. The molecule has 7 heteroatoms. The van der Waals surface area contributed by atoms with E-state index in [0.717, 1.165) is 28.9 Å². The minimum atomic E-state index is -0.356. The molecular formula is C29H28BrFN4O. The van der Waals surface area contributed by atoms with Crippen molar-refractivity contribution in [1.82, 2.24) is 14.4 Å². The highest BCUT2D eigenvalue weighted by molar-refractivity contribution is 5.98. The van der Waals surface area contributed by atoms with Gasteiger partial charge in [-0.2, -0.15) is 5.26 Å². The average molecular weight is 547 g/mol. The molecule has 0 spiro atoms. The largest absolute Gasteiger partial charge is 1.00 e. The zero-order valence-corrected chi connectivity index (χ0v) is 21.9. The number of nitrogens with zero attached hydrogens (tertiary/aromatic N) is 3. The lowest BCUT2D eigenvalue weighted by Crippen LogP contribution is -3.00. The van der Waals surface area contributed by atoms with E-state index in [9.17, 15) is 14.4 Å². The normalized spacial score (nSPS) is 10.9. The van der Waals surface area contributed by atoms with Gasteiger partial charge >= 0.3 is 0 Å². The number of rotatable bonds is 8. The van der Waals surface area contributed by atoms with Crippen molar-refractivity contribution in [3.63, 3.8) is 0 Å². The lowest BCUT2D eigenvalue weighted by atomic mass is 10.1. The molecule has 0 radical (unpaired) electrons. The van der Waals surface area contributed by atoms with Gasteiger partial charge in [0.1, 0.15) is 23.7 Å². The van der Waals surface area contributed by atoms with Crippen LogP contribution in [0.4, 0.5) is 10.1 Å². The number of carbonyl (C=O) groups is 1. The first kappa shape index (κ1) is 26.9. The van der Waals surface area contributed by atoms with Crippen LogP contribution >= 0.6 is 0 Å². The van der Waals surface area contributed by atoms with Gasteiger partial charge in [-0.15, -0.1) is 0 Å². The molecule has 0 saturated heterocycles. The van der Waals surface area contributed by atoms with Crippen molar-refractivity contribution in [1.29, 1.82) is 5.26 Å². The lowest BCUT2D eigenvalue weighted by molar-refractivity contribution is -0.0000162. The molecule has 4 rings (SSSR count). The van der Waals surface area contributed by atoms with Gasteiger partial charge in [0.2, 0.25) is 0 Å². The van der Waals surface area contributed by atoms with E-state index in [-0.39, 0.29) is 28.7 Å². The Bertz CT molecular complexity index is 1430. The summed E-state index contributed by atoms with van der Waals surface area (Å²) < 4.78 is 16.4. The summed E-state index contributed by atoms with van der Waals surface area (Å²) in [5, 5.41) is 12.9. The average Bonchev–Trinajstić information content (AvgIpc) is 3.20. The van der Waals surface area contributed by atoms with Gasteiger partial charge in [0.15, 0.2) is 0 Å². The fourth-order valence-electron chi connectivity index (χ4n) is 4.24. The van der Waals surface area contributed by atoms with E-state index in [1.54, 1.807) is 24.3 Å². The second-order valence-corrected chi connectivity index (χ2v) is 9.14. The van der Waals surface area contributed by atoms with Gasteiger partial charge in [-0.05, 0) is 65.7 Å². The third kappa shape index (κ3) is 5.91. The third-order valence-electron chi connectivity index (χ3n) is 6.17. The summed E-state index contributed by atoms with van der Waals surface area (Å²) in [6.45, 7) is 5.40. The second-order valence-electron chi connectivity index (χ2n) is 9.14. The van der Waals surface area contributed by atoms with E-state index in [2.05, 4.69) is 44.2 Å². The zero-order chi connectivity index (χ0) is 25.0. The number of nitrogens with one attached hydrogen (secondary N) is 1. The smallest absolute Gasteiger partial charge is 0.268 e. The van der Waals surface area contributed by atoms with Crippen LogP contribution in [0, 0.1) is 17.1 Å². The van der Waals surface area contributed by atoms with Crippen molar-refractivity contribution in [2.75, 3.05) is 20.6 Å². The van der Waals surface area contributed by atoms with Crippen molar-refractivity contribution in [2.45, 2.75) is 13.1 Å². The minimum absolute atomic E-state index is 0. The molecule has 0 unspecified atom stereocenters. The number of aromatic nitrogens is 1. The van der Waals surface area contributed by atoms with Gasteiger partial charge in [0.25, 0.3) is 5.91 Å². The Morgan fingerprint density at radius 1 is 1.08 bits per heavy atom. The predicted molar refractivity (Wildman–Crippen MR) is 138 cm³/mol. The van der Waals surface area contributed by atoms with Crippen molar-refractivity contribution in [2.24, 2.45) is 0 Å². The first-order chi connectivity index (χ1) is 16.8. The van der Waals surface area contributed by atoms with Crippen LogP contribution in [-0.4, -0.2) is 31.1 Å². The monoisotopic (exact) mass is 546 g/mol. The fourth-order valence-corrected chi connectivity index (χ4v) is 4.24. The number of fused-ring (bicyclic) bond motifs is 1. The van der Waals surface area contributed by atoms with E-state index in [1.807, 2.05) is 34.9 Å². The Morgan fingerprint density at radius 2 is 1.83 bits per heavy atom. The van der Waals surface area contributed by atoms with Gasteiger partial charge in [-0.1, -0.05) is 30.8 Å². The number of nitriles is 1. The van der Waals surface area contributed by atoms with Gasteiger partial charge in [-0.3, -0.25) is 9.28 Å². The molecule has 1 amide bonds. The first-order valence-electron chi connectivity index (χ1n) is 11.4. The summed E-state index contributed by atoms with van der Waals surface area (Å²) in [5.74, 6) is -0.601. The highest BCUT2D eigenvalue weighted by Crippen LogP contribution is 2.24. The van der Waals surface area contributed by atoms with E-state index in [0.29, 0.717) is 34.2 Å². The maximum Gasteiger partial charge on any atom is 0.268 e. The maximum atomic E-state index is 13.9. The molecule has 1 heterocycles. The van der Waals surface area contributed by atoms with Crippen molar-refractivity contribution in [3.8, 4) is 6.07 Å². The molecule has 36 heavy (non-hydrogen) atoms. The topological polar surface area (TPSA) is 57.8 Å². The number of benzene rings is 3. The molecule has 1 aromatic heterocycles. The van der Waals surface area contributed by atoms with E-state index in [1.165, 1.54) is 12.1 Å². The molecule has 1 N–H and O–H groups in total. The molecule has 0 saturated carbocycles. The van der Waals surface area contributed by atoms with Crippen LogP contribution in [0.5, 0.6) is 0 Å². The van der Waals surface area contributed by atoms with Gasteiger partial charge in [-0.25, -0.2) is 4.39 Å². The highest BCUT2D eigenvalue weighted by Gasteiger charge is 2.18. The number of carbonyl (C=O) groups excluding carboxylic acids is 1. The number of hydrogen-bond acceptors (Lipinski definition) is 2. The summed E-state index contributed by atoms with van der Waals surface area (Å²) in [6.07, 6.45) is 1.90. The summed E-state index contributed by atoms with van der Waals surface area (Å²) >= 11 is 0. The quantitative estimate of drug-likeness (QED) is 0.272. The van der Waals surface area contributed by atoms with Crippen LogP contribution < -0.4 is 26.8 Å². The van der Waals surface area contributed by atoms with Crippen LogP contribution in [0.2, 0.25) is 0 Å². The standard InChI is InChI=1S/C29H27FN4O.BrH/c1-4-14-34(2,3)26-11-8-21(9-12-26)19-32-29(35)28-17-24-16-25(30)10-13-27(24)33(28)20-23-7-5-6-22(15-23)18-31;/h4-13,15-17H,1,14,19-20H2,2-3H3;1H. The Labute approximate surface area is 221 Å². The molecule has 3 aromatic carbocycles. The molecule has 0 fully saturated rings. The number of halogens is 2. The van der Waals surface area contributed by atoms with Crippen molar-refractivity contribution in [3.05, 3.63) is 114 Å². The lowest BCUT2D eigenvalue weighted by Gasteiger charge is -2.27. The Hall–Kier alpha value is -3.73. The summed E-state index contributed by atoms with van der Waals surface area (Å²) in [7, 11) is 4.23. The second kappa shape index (κ2) is 11.3. The summed E-state index contributed by atoms with van der Waals surface area (Å²) in [4.78, 5) is 13.2. The summed E-state index contributed by atoms with van der Waals surface area (Å²) in [6, 6.07) is 23.8. The molecule has 0 atom stereocenters. The van der Waals surface area contributed by atoms with Crippen LogP contribution in [0.3, 0.4) is 0 Å². The molecule has 4 aromatic rings. The van der Waals surface area contributed by atoms with Crippen LogP contribution in [0.1, 0.15) is 27.2 Å². The molecule has 0 aliphatic carbocycles. The number of hydrogen-bond donors (Lipinski definition) is 1. The number of likely N-dealkylation sites (N-methyl/N-ethyl adjacent to an activating group) is 1. The fraction of sp³-hybridized carbons (Fsp3) is 0.172. The van der Waals surface area contributed by atoms with E-state index >= 15 is 0 Å². The number of quaternary nitrogens is 1. The first-order valence-corrected chi connectivity index (χ1v) is 11.4. The van der Waals surface area contributed by atoms with E-state index in [4.69, 9.17) is 0 Å². The third-order valence-corrected chi connectivity index (χ3v) is 6.17. The van der Waals surface area contributed by atoms with E-state index < -0.39 is 0 Å². The number of amides is 1. The van der Waals surface area contributed by atoms with Crippen molar-refractivity contribution < 1.29 is 26.2 Å². The zero-order valence-electron chi connectivity index (χ0n) is 20.3. The molecule has 184 valence electrons. The highest BCUT2D eigenvalue weighted by atomic mass is 79.9. The maximum absolute atomic E-state index is 13.9.